The zero-order valence-corrected chi connectivity index (χ0v) is 15.7. The van der Waals surface area contributed by atoms with Crippen molar-refractivity contribution >= 4 is 11.7 Å². The van der Waals surface area contributed by atoms with Crippen LogP contribution in [0.1, 0.15) is 34.5 Å². The van der Waals surface area contributed by atoms with E-state index in [-0.39, 0.29) is 12.5 Å². The van der Waals surface area contributed by atoms with Gasteiger partial charge < -0.3 is 10.6 Å². The fraction of sp³-hybridized carbons (Fsp3) is 0.250. The molecule has 0 saturated heterocycles. The van der Waals surface area contributed by atoms with Crippen molar-refractivity contribution in [1.82, 2.24) is 25.3 Å². The molecule has 7 heteroatoms. The van der Waals surface area contributed by atoms with Crippen molar-refractivity contribution in [2.45, 2.75) is 27.3 Å². The van der Waals surface area contributed by atoms with Gasteiger partial charge in [-0.15, -0.1) is 0 Å². The molecule has 27 heavy (non-hydrogen) atoms. The summed E-state index contributed by atoms with van der Waals surface area (Å²) in [6.45, 7) is 6.87. The molecule has 0 saturated carbocycles. The minimum atomic E-state index is -0.192. The largest absolute Gasteiger partial charge is 0.370 e. The molecule has 1 aromatic carbocycles. The average molecular weight is 362 g/mol. The Labute approximate surface area is 158 Å². The third kappa shape index (κ3) is 4.84. The molecule has 0 aliphatic carbocycles. The van der Waals surface area contributed by atoms with E-state index in [1.807, 2.05) is 45.0 Å². The molecule has 2 heterocycles. The highest BCUT2D eigenvalue weighted by Gasteiger charge is 2.10. The Morgan fingerprint density at radius 3 is 2.56 bits per heavy atom. The van der Waals surface area contributed by atoms with E-state index in [9.17, 15) is 4.79 Å². The monoisotopic (exact) mass is 362 g/mol. The molecule has 0 atom stereocenters. The van der Waals surface area contributed by atoms with Crippen molar-refractivity contribution in [3.05, 3.63) is 65.4 Å². The Balaban J connectivity index is 1.74. The van der Waals surface area contributed by atoms with Crippen LogP contribution in [0.25, 0.3) is 11.4 Å². The van der Waals surface area contributed by atoms with E-state index in [0.29, 0.717) is 17.2 Å². The second kappa shape index (κ2) is 8.35. The first-order valence-corrected chi connectivity index (χ1v) is 8.82. The first-order valence-electron chi connectivity index (χ1n) is 8.82. The molecule has 0 aliphatic heterocycles. The van der Waals surface area contributed by atoms with Gasteiger partial charge in [0.25, 0.3) is 5.91 Å². The molecule has 7 nitrogen and oxygen atoms in total. The van der Waals surface area contributed by atoms with E-state index < -0.39 is 0 Å². The Morgan fingerprint density at radius 1 is 1.04 bits per heavy atom. The van der Waals surface area contributed by atoms with Crippen LogP contribution in [0.5, 0.6) is 0 Å². The quantitative estimate of drug-likeness (QED) is 0.700. The maximum absolute atomic E-state index is 12.5. The molecule has 2 aromatic heterocycles. The topological polar surface area (TPSA) is 92.7 Å². The first-order chi connectivity index (χ1) is 13.0. The van der Waals surface area contributed by atoms with Crippen molar-refractivity contribution in [2.24, 2.45) is 0 Å². The van der Waals surface area contributed by atoms with Crippen molar-refractivity contribution < 1.29 is 4.79 Å². The van der Waals surface area contributed by atoms with Crippen LogP contribution in [0.15, 0.2) is 42.6 Å². The van der Waals surface area contributed by atoms with Gasteiger partial charge in [-0.3, -0.25) is 4.79 Å². The molecular formula is C20H22N6O. The molecular weight excluding hydrogens is 340 g/mol. The van der Waals surface area contributed by atoms with Crippen LogP contribution < -0.4 is 10.6 Å². The number of hydrogen-bond donors (Lipinski definition) is 2. The zero-order chi connectivity index (χ0) is 19.2. The first kappa shape index (κ1) is 18.4. The predicted octanol–water partition coefficient (Wildman–Crippen LogP) is 2.91. The Kier molecular flexibility index (Phi) is 5.71. The van der Waals surface area contributed by atoms with Crippen molar-refractivity contribution in [1.29, 1.82) is 0 Å². The normalized spacial score (nSPS) is 10.5. The third-order valence-electron chi connectivity index (χ3n) is 3.83. The van der Waals surface area contributed by atoms with Gasteiger partial charge in [0, 0.05) is 35.3 Å². The summed E-state index contributed by atoms with van der Waals surface area (Å²) in [4.78, 5) is 30.0. The lowest BCUT2D eigenvalue weighted by Gasteiger charge is -2.08. The van der Waals surface area contributed by atoms with Crippen LogP contribution in [-0.4, -0.2) is 32.4 Å². The summed E-state index contributed by atoms with van der Waals surface area (Å²) in [5.74, 6) is 1.73. The molecule has 3 aromatic rings. The van der Waals surface area contributed by atoms with Gasteiger partial charge in [-0.25, -0.2) is 19.9 Å². The number of aromatic nitrogens is 4. The Hall–Kier alpha value is -3.35. The SMILES string of the molecule is CCNc1ccnc(-c2cccc(C(=O)NCc3nc(C)cc(C)n3)c2)n1. The number of nitrogens with one attached hydrogen (secondary N) is 2. The summed E-state index contributed by atoms with van der Waals surface area (Å²) in [5, 5.41) is 6.02. The highest BCUT2D eigenvalue weighted by Crippen LogP contribution is 2.18. The molecule has 0 unspecified atom stereocenters. The van der Waals surface area contributed by atoms with Gasteiger partial charge in [0.15, 0.2) is 5.82 Å². The third-order valence-corrected chi connectivity index (χ3v) is 3.83. The van der Waals surface area contributed by atoms with Gasteiger partial charge in [0.2, 0.25) is 0 Å². The summed E-state index contributed by atoms with van der Waals surface area (Å²) in [6, 6.07) is 11.0. The summed E-state index contributed by atoms with van der Waals surface area (Å²) in [5.41, 5.74) is 3.08. The summed E-state index contributed by atoms with van der Waals surface area (Å²) in [6.07, 6.45) is 1.70. The van der Waals surface area contributed by atoms with Gasteiger partial charge in [-0.2, -0.15) is 0 Å². The molecule has 0 radical (unpaired) electrons. The van der Waals surface area contributed by atoms with Crippen LogP contribution in [0.2, 0.25) is 0 Å². The van der Waals surface area contributed by atoms with E-state index in [2.05, 4.69) is 30.6 Å². The number of hydrogen-bond acceptors (Lipinski definition) is 6. The number of benzene rings is 1. The van der Waals surface area contributed by atoms with E-state index in [1.54, 1.807) is 18.3 Å². The average Bonchev–Trinajstić information content (AvgIpc) is 2.66. The van der Waals surface area contributed by atoms with Crippen LogP contribution in [-0.2, 0) is 6.54 Å². The van der Waals surface area contributed by atoms with Gasteiger partial charge in [0.1, 0.15) is 11.6 Å². The lowest BCUT2D eigenvalue weighted by molar-refractivity contribution is 0.0950. The van der Waals surface area contributed by atoms with Crippen LogP contribution in [0.3, 0.4) is 0 Å². The lowest BCUT2D eigenvalue weighted by atomic mass is 10.1. The fourth-order valence-corrected chi connectivity index (χ4v) is 2.72. The standard InChI is InChI=1S/C20H22N6O/c1-4-21-17-8-9-22-19(26-17)15-6-5-7-16(11-15)20(27)23-12-18-24-13(2)10-14(3)25-18/h5-11H,4,12H2,1-3H3,(H,23,27)(H,21,22,26). The summed E-state index contributed by atoms with van der Waals surface area (Å²) < 4.78 is 0. The number of rotatable bonds is 6. The van der Waals surface area contributed by atoms with E-state index in [0.717, 1.165) is 29.3 Å². The van der Waals surface area contributed by atoms with Crippen molar-refractivity contribution in [2.75, 3.05) is 11.9 Å². The fourth-order valence-electron chi connectivity index (χ4n) is 2.72. The maximum Gasteiger partial charge on any atom is 0.251 e. The van der Waals surface area contributed by atoms with Gasteiger partial charge in [0.05, 0.1) is 6.54 Å². The minimum Gasteiger partial charge on any atom is -0.370 e. The van der Waals surface area contributed by atoms with E-state index >= 15 is 0 Å². The number of anilines is 1. The second-order valence-electron chi connectivity index (χ2n) is 6.13. The number of carbonyl (C=O) groups excluding carboxylic acids is 1. The van der Waals surface area contributed by atoms with Crippen LogP contribution >= 0.6 is 0 Å². The number of nitrogens with zero attached hydrogens (tertiary/aromatic N) is 4. The van der Waals surface area contributed by atoms with E-state index in [4.69, 9.17) is 0 Å². The lowest BCUT2D eigenvalue weighted by Crippen LogP contribution is -2.24. The Morgan fingerprint density at radius 2 is 1.81 bits per heavy atom. The second-order valence-corrected chi connectivity index (χ2v) is 6.13. The van der Waals surface area contributed by atoms with E-state index in [1.165, 1.54) is 0 Å². The highest BCUT2D eigenvalue weighted by molar-refractivity contribution is 5.95. The minimum absolute atomic E-state index is 0.192. The number of aryl methyl sites for hydroxylation is 2. The summed E-state index contributed by atoms with van der Waals surface area (Å²) in [7, 11) is 0. The maximum atomic E-state index is 12.5. The predicted molar refractivity (Wildman–Crippen MR) is 104 cm³/mol. The molecule has 2 N–H and O–H groups in total. The van der Waals surface area contributed by atoms with Crippen molar-refractivity contribution in [3.8, 4) is 11.4 Å². The van der Waals surface area contributed by atoms with Gasteiger partial charge >= 0.3 is 0 Å². The molecule has 0 bridgehead atoms. The van der Waals surface area contributed by atoms with Gasteiger partial charge in [-0.1, -0.05) is 12.1 Å². The van der Waals surface area contributed by atoms with Crippen molar-refractivity contribution in [3.63, 3.8) is 0 Å². The Bertz CT molecular complexity index is 936. The number of carbonyl (C=O) groups is 1. The molecule has 0 spiro atoms. The number of amides is 1. The molecule has 3 rings (SSSR count). The van der Waals surface area contributed by atoms with Crippen LogP contribution in [0, 0.1) is 13.8 Å². The molecule has 0 fully saturated rings. The molecule has 0 aliphatic rings. The van der Waals surface area contributed by atoms with Gasteiger partial charge in [-0.05, 0) is 45.0 Å². The summed E-state index contributed by atoms with van der Waals surface area (Å²) >= 11 is 0. The zero-order valence-electron chi connectivity index (χ0n) is 15.7. The smallest absolute Gasteiger partial charge is 0.251 e. The highest BCUT2D eigenvalue weighted by atomic mass is 16.1. The molecule has 1 amide bonds. The van der Waals surface area contributed by atoms with Crippen LogP contribution in [0.4, 0.5) is 5.82 Å². The molecule has 138 valence electrons.